The molecule has 0 saturated carbocycles. The lowest BCUT2D eigenvalue weighted by Crippen LogP contribution is -2.41. The van der Waals surface area contributed by atoms with Gasteiger partial charge in [-0.3, -0.25) is 0 Å². The van der Waals surface area contributed by atoms with Crippen LogP contribution >= 0.6 is 0 Å². The van der Waals surface area contributed by atoms with Crippen LogP contribution in [-0.4, -0.2) is 6.71 Å². The van der Waals surface area contributed by atoms with Gasteiger partial charge in [0.15, 0.2) is 0 Å². The molecular weight excluding hydrogens is 215 g/mol. The highest BCUT2D eigenvalue weighted by atomic mass is 14.0. The van der Waals surface area contributed by atoms with Gasteiger partial charge in [-0.25, -0.2) is 0 Å². The van der Waals surface area contributed by atoms with E-state index in [2.05, 4.69) is 75.4 Å². The van der Waals surface area contributed by atoms with Crippen LogP contribution in [-0.2, 0) is 0 Å². The molecule has 0 heterocycles. The Morgan fingerprint density at radius 2 is 1.39 bits per heavy atom. The standard InChI is InChI=1S/C17H21B/c1-4-18(16-8-6-5-7-9-16)17-12-10-15(11-13-17)14(2)3/h5-14H,4H2,1-3H3. The molecule has 0 aliphatic heterocycles. The van der Waals surface area contributed by atoms with Crippen molar-refractivity contribution in [3.05, 3.63) is 60.2 Å². The van der Waals surface area contributed by atoms with E-state index in [9.17, 15) is 0 Å². The summed E-state index contributed by atoms with van der Waals surface area (Å²) in [5, 5.41) is 0. The van der Waals surface area contributed by atoms with E-state index in [1.54, 1.807) is 0 Å². The molecular formula is C17H21B. The zero-order chi connectivity index (χ0) is 13.0. The maximum Gasteiger partial charge on any atom is 0.209 e. The first-order valence-corrected chi connectivity index (χ1v) is 6.87. The summed E-state index contributed by atoms with van der Waals surface area (Å²) in [5.74, 6) is 0.607. The summed E-state index contributed by atoms with van der Waals surface area (Å²) in [5.41, 5.74) is 4.26. The molecule has 0 spiro atoms. The molecule has 0 aromatic heterocycles. The summed E-state index contributed by atoms with van der Waals surface area (Å²) in [6, 6.07) is 19.9. The van der Waals surface area contributed by atoms with Crippen LogP contribution in [0.4, 0.5) is 0 Å². The van der Waals surface area contributed by atoms with Crippen LogP contribution in [0.1, 0.15) is 32.3 Å². The Morgan fingerprint density at radius 1 is 0.833 bits per heavy atom. The van der Waals surface area contributed by atoms with Gasteiger partial charge < -0.3 is 0 Å². The van der Waals surface area contributed by atoms with Crippen LogP contribution in [0.2, 0.25) is 6.32 Å². The van der Waals surface area contributed by atoms with Gasteiger partial charge in [-0.05, 0) is 11.5 Å². The largest absolute Gasteiger partial charge is 0.209 e. The lowest BCUT2D eigenvalue weighted by atomic mass is 9.39. The van der Waals surface area contributed by atoms with Crippen molar-refractivity contribution >= 4 is 17.6 Å². The van der Waals surface area contributed by atoms with Gasteiger partial charge in [0.1, 0.15) is 0 Å². The molecule has 0 unspecified atom stereocenters. The number of rotatable bonds is 4. The summed E-state index contributed by atoms with van der Waals surface area (Å²) in [6.07, 6.45) is 1.14. The first-order chi connectivity index (χ1) is 8.72. The van der Waals surface area contributed by atoms with E-state index in [1.807, 2.05) is 0 Å². The average Bonchev–Trinajstić information content (AvgIpc) is 2.41. The molecule has 0 aliphatic rings. The minimum Gasteiger partial charge on any atom is -0.0742 e. The molecule has 92 valence electrons. The fourth-order valence-corrected chi connectivity index (χ4v) is 2.46. The highest BCUT2D eigenvalue weighted by Gasteiger charge is 2.16. The molecule has 2 rings (SSSR count). The van der Waals surface area contributed by atoms with Gasteiger partial charge in [0, 0.05) is 0 Å². The highest BCUT2D eigenvalue weighted by Crippen LogP contribution is 2.12. The van der Waals surface area contributed by atoms with Gasteiger partial charge in [0.2, 0.25) is 6.71 Å². The van der Waals surface area contributed by atoms with Crippen LogP contribution in [0.25, 0.3) is 0 Å². The zero-order valence-electron chi connectivity index (χ0n) is 11.6. The molecule has 18 heavy (non-hydrogen) atoms. The van der Waals surface area contributed by atoms with Crippen LogP contribution < -0.4 is 10.9 Å². The maximum atomic E-state index is 2.29. The van der Waals surface area contributed by atoms with Gasteiger partial charge in [0.05, 0.1) is 0 Å². The van der Waals surface area contributed by atoms with Crippen LogP contribution in [0.15, 0.2) is 54.6 Å². The lowest BCUT2D eigenvalue weighted by molar-refractivity contribution is 0.867. The molecule has 0 radical (unpaired) electrons. The maximum absolute atomic E-state index is 2.29. The Bertz CT molecular complexity index is 471. The van der Waals surface area contributed by atoms with Crippen LogP contribution in [0.5, 0.6) is 0 Å². The molecule has 0 N–H and O–H groups in total. The number of hydrogen-bond donors (Lipinski definition) is 0. The molecule has 0 saturated heterocycles. The third-order valence-corrected chi connectivity index (χ3v) is 3.62. The smallest absolute Gasteiger partial charge is 0.0742 e. The topological polar surface area (TPSA) is 0 Å². The van der Waals surface area contributed by atoms with Gasteiger partial charge in [-0.2, -0.15) is 0 Å². The van der Waals surface area contributed by atoms with Crippen molar-refractivity contribution in [1.82, 2.24) is 0 Å². The molecule has 1 heteroatoms. The monoisotopic (exact) mass is 236 g/mol. The van der Waals surface area contributed by atoms with E-state index in [0.29, 0.717) is 12.6 Å². The number of hydrogen-bond acceptors (Lipinski definition) is 0. The molecule has 0 atom stereocenters. The minimum atomic E-state index is 0.521. The third kappa shape index (κ3) is 2.84. The second kappa shape index (κ2) is 5.90. The van der Waals surface area contributed by atoms with Gasteiger partial charge in [-0.15, -0.1) is 0 Å². The highest BCUT2D eigenvalue weighted by molar-refractivity contribution is 6.85. The van der Waals surface area contributed by atoms with Crippen molar-refractivity contribution in [1.29, 1.82) is 0 Å². The fraction of sp³-hybridized carbons (Fsp3) is 0.294. The van der Waals surface area contributed by atoms with Gasteiger partial charge >= 0.3 is 0 Å². The Balaban J connectivity index is 2.28. The normalized spacial score (nSPS) is 10.7. The summed E-state index contributed by atoms with van der Waals surface area (Å²) in [7, 11) is 0. The second-order valence-corrected chi connectivity index (χ2v) is 5.19. The van der Waals surface area contributed by atoms with Crippen molar-refractivity contribution < 1.29 is 0 Å². The first-order valence-electron chi connectivity index (χ1n) is 6.87. The van der Waals surface area contributed by atoms with E-state index < -0.39 is 0 Å². The summed E-state index contributed by atoms with van der Waals surface area (Å²) in [6.45, 7) is 7.26. The molecule has 0 aliphatic carbocycles. The molecule has 0 fully saturated rings. The third-order valence-electron chi connectivity index (χ3n) is 3.62. The predicted octanol–water partition coefficient (Wildman–Crippen LogP) is 3.44. The van der Waals surface area contributed by atoms with Gasteiger partial charge in [0.25, 0.3) is 0 Å². The van der Waals surface area contributed by atoms with Crippen LogP contribution in [0, 0.1) is 0 Å². The molecule has 0 nitrogen and oxygen atoms in total. The van der Waals surface area contributed by atoms with Crippen molar-refractivity contribution in [3.8, 4) is 0 Å². The van der Waals surface area contributed by atoms with Crippen molar-refractivity contribution in [2.75, 3.05) is 0 Å². The SMILES string of the molecule is CCB(c1ccccc1)c1ccc(C(C)C)cc1. The minimum absolute atomic E-state index is 0.521. The Morgan fingerprint density at radius 3 is 1.89 bits per heavy atom. The predicted molar refractivity (Wildman–Crippen MR) is 82.5 cm³/mol. The summed E-state index contributed by atoms with van der Waals surface area (Å²) in [4.78, 5) is 0. The molecule has 2 aromatic rings. The Labute approximate surface area is 111 Å². The first kappa shape index (κ1) is 12.9. The van der Waals surface area contributed by atoms with E-state index in [0.717, 1.165) is 6.32 Å². The Kier molecular flexibility index (Phi) is 4.25. The number of benzene rings is 2. The summed E-state index contributed by atoms with van der Waals surface area (Å²) >= 11 is 0. The molecule has 2 aromatic carbocycles. The van der Waals surface area contributed by atoms with E-state index >= 15 is 0 Å². The molecule has 0 bridgehead atoms. The van der Waals surface area contributed by atoms with E-state index in [-0.39, 0.29) is 0 Å². The van der Waals surface area contributed by atoms with E-state index in [4.69, 9.17) is 0 Å². The van der Waals surface area contributed by atoms with Gasteiger partial charge in [-0.1, -0.05) is 92.6 Å². The fourth-order valence-electron chi connectivity index (χ4n) is 2.46. The average molecular weight is 236 g/mol. The summed E-state index contributed by atoms with van der Waals surface area (Å²) < 4.78 is 0. The zero-order valence-corrected chi connectivity index (χ0v) is 11.6. The Hall–Kier alpha value is -1.50. The van der Waals surface area contributed by atoms with Crippen LogP contribution in [0.3, 0.4) is 0 Å². The van der Waals surface area contributed by atoms with E-state index in [1.165, 1.54) is 16.5 Å². The van der Waals surface area contributed by atoms with Crippen molar-refractivity contribution in [3.63, 3.8) is 0 Å². The van der Waals surface area contributed by atoms with Crippen molar-refractivity contribution in [2.24, 2.45) is 0 Å². The van der Waals surface area contributed by atoms with Crippen molar-refractivity contribution in [2.45, 2.75) is 33.0 Å². The quantitative estimate of drug-likeness (QED) is 0.713. The lowest BCUT2D eigenvalue weighted by Gasteiger charge is -2.14. The molecule has 0 amide bonds. The second-order valence-electron chi connectivity index (χ2n) is 5.19.